The fraction of sp³-hybridized carbons (Fsp3) is 0.871. The maximum atomic E-state index is 13.0. The number of amides is 1. The second-order valence-corrected chi connectivity index (χ2v) is 21.4. The molecule has 428 valence electrons. The minimum Gasteiger partial charge on any atom is -0.466 e. The van der Waals surface area contributed by atoms with Crippen molar-refractivity contribution >= 4 is 11.9 Å². The monoisotopic (exact) mass is 1030 g/mol. The highest BCUT2D eigenvalue weighted by Crippen LogP contribution is 2.23. The van der Waals surface area contributed by atoms with E-state index in [-0.39, 0.29) is 18.5 Å². The number of aliphatic hydroxyl groups is 5. The number of carbonyl (C=O) groups excluding carboxylic acids is 2. The zero-order valence-corrected chi connectivity index (χ0v) is 47.1. The van der Waals surface area contributed by atoms with Crippen LogP contribution in [0, 0.1) is 0 Å². The summed E-state index contributed by atoms with van der Waals surface area (Å²) in [7, 11) is 0. The van der Waals surface area contributed by atoms with Gasteiger partial charge in [0.1, 0.15) is 24.4 Å². The normalized spacial score (nSPS) is 19.1. The van der Waals surface area contributed by atoms with Gasteiger partial charge in [0.15, 0.2) is 6.29 Å². The zero-order valence-electron chi connectivity index (χ0n) is 47.1. The predicted molar refractivity (Wildman–Crippen MR) is 301 cm³/mol. The Bertz CT molecular complexity index is 1310. The fourth-order valence-electron chi connectivity index (χ4n) is 9.59. The van der Waals surface area contributed by atoms with Crippen LogP contribution in [0.5, 0.6) is 0 Å². The van der Waals surface area contributed by atoms with Gasteiger partial charge in [0, 0.05) is 12.8 Å². The van der Waals surface area contributed by atoms with E-state index in [1.807, 2.05) is 6.08 Å². The molecule has 1 heterocycles. The van der Waals surface area contributed by atoms with Crippen LogP contribution in [-0.4, -0.2) is 100 Å². The lowest BCUT2D eigenvalue weighted by Gasteiger charge is -2.40. The molecule has 0 saturated carbocycles. The number of unbranched alkanes of at least 4 members (excludes halogenated alkanes) is 35. The van der Waals surface area contributed by atoms with Gasteiger partial charge >= 0.3 is 5.97 Å². The van der Waals surface area contributed by atoms with Crippen molar-refractivity contribution in [3.05, 3.63) is 36.5 Å². The van der Waals surface area contributed by atoms with E-state index in [9.17, 15) is 35.1 Å². The number of aliphatic hydroxyl groups excluding tert-OH is 5. The Morgan fingerprint density at radius 1 is 0.493 bits per heavy atom. The van der Waals surface area contributed by atoms with Crippen molar-refractivity contribution in [1.29, 1.82) is 0 Å². The fourth-order valence-corrected chi connectivity index (χ4v) is 9.59. The van der Waals surface area contributed by atoms with Crippen molar-refractivity contribution < 1.29 is 49.3 Å². The second kappa shape index (κ2) is 52.0. The lowest BCUT2D eigenvalue weighted by atomic mass is 9.99. The summed E-state index contributed by atoms with van der Waals surface area (Å²) in [4.78, 5) is 25.0. The van der Waals surface area contributed by atoms with E-state index < -0.39 is 49.5 Å². The molecule has 0 aromatic carbocycles. The molecule has 0 aromatic heterocycles. The molecule has 1 fully saturated rings. The Morgan fingerprint density at radius 2 is 0.890 bits per heavy atom. The maximum absolute atomic E-state index is 13.0. The van der Waals surface area contributed by atoms with E-state index in [2.05, 4.69) is 43.5 Å². The molecule has 73 heavy (non-hydrogen) atoms. The van der Waals surface area contributed by atoms with E-state index in [4.69, 9.17) is 14.2 Å². The smallest absolute Gasteiger partial charge is 0.305 e. The van der Waals surface area contributed by atoms with Crippen molar-refractivity contribution in [2.24, 2.45) is 0 Å². The molecule has 0 radical (unpaired) electrons. The molecule has 7 unspecified atom stereocenters. The topological polar surface area (TPSA) is 175 Å². The molecule has 1 amide bonds. The highest BCUT2D eigenvalue weighted by molar-refractivity contribution is 5.76. The number of carbonyl (C=O) groups is 2. The molecule has 0 aromatic rings. The Morgan fingerprint density at radius 3 is 1.33 bits per heavy atom. The number of hydrogen-bond acceptors (Lipinski definition) is 10. The van der Waals surface area contributed by atoms with Gasteiger partial charge in [-0.1, -0.05) is 256 Å². The van der Waals surface area contributed by atoms with Crippen molar-refractivity contribution in [2.75, 3.05) is 19.8 Å². The Hall–Kier alpha value is -2.12. The van der Waals surface area contributed by atoms with E-state index in [1.54, 1.807) is 6.08 Å². The van der Waals surface area contributed by atoms with Gasteiger partial charge in [-0.05, 0) is 51.4 Å². The van der Waals surface area contributed by atoms with Crippen molar-refractivity contribution in [1.82, 2.24) is 5.32 Å². The maximum Gasteiger partial charge on any atom is 0.305 e. The summed E-state index contributed by atoms with van der Waals surface area (Å²) in [6, 6.07) is -0.833. The SMILES string of the molecule is CCC/C=C/CC/C=C/CC/C=C/C(O)C(COC1OC(CO)C(O)C(O)C1O)NC(=O)CCCCCCCCCCCCCCCCCCCCCCCCCOC(=O)CCCCCCCCCCCCC. The van der Waals surface area contributed by atoms with Crippen LogP contribution in [0.15, 0.2) is 36.5 Å². The van der Waals surface area contributed by atoms with Crippen LogP contribution in [-0.2, 0) is 23.8 Å². The van der Waals surface area contributed by atoms with Crippen LogP contribution in [0.4, 0.5) is 0 Å². The number of nitrogens with one attached hydrogen (secondary N) is 1. The molecule has 11 heteroatoms. The van der Waals surface area contributed by atoms with Crippen molar-refractivity contribution in [3.8, 4) is 0 Å². The Labute approximate surface area is 447 Å². The number of ether oxygens (including phenoxy) is 3. The number of esters is 1. The lowest BCUT2D eigenvalue weighted by Crippen LogP contribution is -2.60. The van der Waals surface area contributed by atoms with Gasteiger partial charge < -0.3 is 45.1 Å². The third-order valence-corrected chi connectivity index (χ3v) is 14.5. The molecule has 1 rings (SSSR count). The Kier molecular flexibility index (Phi) is 49.0. The average Bonchev–Trinajstić information content (AvgIpc) is 3.39. The van der Waals surface area contributed by atoms with E-state index in [0.717, 1.165) is 77.0 Å². The first-order valence-electron chi connectivity index (χ1n) is 30.8. The largest absolute Gasteiger partial charge is 0.466 e. The van der Waals surface area contributed by atoms with Gasteiger partial charge in [0.05, 0.1) is 32.0 Å². The molecule has 1 aliphatic rings. The van der Waals surface area contributed by atoms with Gasteiger partial charge in [-0.25, -0.2) is 0 Å². The van der Waals surface area contributed by atoms with Gasteiger partial charge in [0.2, 0.25) is 5.91 Å². The van der Waals surface area contributed by atoms with Crippen LogP contribution in [0.25, 0.3) is 0 Å². The number of rotatable bonds is 53. The quantitative estimate of drug-likeness (QED) is 0.0195. The summed E-state index contributed by atoms with van der Waals surface area (Å²) in [5, 5.41) is 54.3. The van der Waals surface area contributed by atoms with Crippen LogP contribution in [0.2, 0.25) is 0 Å². The minimum absolute atomic E-state index is 0.00145. The minimum atomic E-state index is -1.58. The van der Waals surface area contributed by atoms with Crippen molar-refractivity contribution in [3.63, 3.8) is 0 Å². The third kappa shape index (κ3) is 41.7. The van der Waals surface area contributed by atoms with Gasteiger partial charge in [-0.15, -0.1) is 0 Å². The van der Waals surface area contributed by atoms with Crippen LogP contribution in [0.3, 0.4) is 0 Å². The summed E-state index contributed by atoms with van der Waals surface area (Å²) >= 11 is 0. The molecular weight excluding hydrogens is 919 g/mol. The summed E-state index contributed by atoms with van der Waals surface area (Å²) in [6.07, 6.45) is 54.0. The summed E-state index contributed by atoms with van der Waals surface area (Å²) in [5.41, 5.74) is 0. The van der Waals surface area contributed by atoms with E-state index in [0.29, 0.717) is 19.4 Å². The Balaban J connectivity index is 2.02. The van der Waals surface area contributed by atoms with Crippen LogP contribution >= 0.6 is 0 Å². The molecule has 7 atom stereocenters. The second-order valence-electron chi connectivity index (χ2n) is 21.4. The predicted octanol–water partition coefficient (Wildman–Crippen LogP) is 14.3. The number of hydrogen-bond donors (Lipinski definition) is 6. The molecule has 0 bridgehead atoms. The third-order valence-electron chi connectivity index (χ3n) is 14.5. The molecule has 6 N–H and O–H groups in total. The molecular formula is C62H115NO10. The molecule has 1 aliphatic heterocycles. The van der Waals surface area contributed by atoms with Gasteiger partial charge in [0.25, 0.3) is 0 Å². The number of allylic oxidation sites excluding steroid dienone is 5. The summed E-state index contributed by atoms with van der Waals surface area (Å²) in [6.45, 7) is 4.25. The van der Waals surface area contributed by atoms with E-state index >= 15 is 0 Å². The van der Waals surface area contributed by atoms with Crippen LogP contribution in [0.1, 0.15) is 284 Å². The zero-order chi connectivity index (χ0) is 53.1. The first kappa shape index (κ1) is 68.9. The average molecular weight is 1030 g/mol. The molecule has 1 saturated heterocycles. The van der Waals surface area contributed by atoms with Crippen molar-refractivity contribution in [2.45, 2.75) is 326 Å². The summed E-state index contributed by atoms with van der Waals surface area (Å²) in [5.74, 6) is -0.196. The van der Waals surface area contributed by atoms with Gasteiger partial charge in [-0.2, -0.15) is 0 Å². The first-order valence-corrected chi connectivity index (χ1v) is 30.8. The molecule has 0 aliphatic carbocycles. The van der Waals surface area contributed by atoms with E-state index in [1.165, 1.54) is 180 Å². The van der Waals surface area contributed by atoms with Gasteiger partial charge in [-0.3, -0.25) is 9.59 Å². The van der Waals surface area contributed by atoms with Crippen LogP contribution < -0.4 is 5.32 Å². The first-order chi connectivity index (χ1) is 35.7. The highest BCUT2D eigenvalue weighted by atomic mass is 16.7. The highest BCUT2D eigenvalue weighted by Gasteiger charge is 2.44. The lowest BCUT2D eigenvalue weighted by molar-refractivity contribution is -0.302. The standard InChI is InChI=1S/C62H115NO10/c1-3-5-7-9-11-13-28-32-36-40-44-48-55(65)54(53-72-62-61(70)60(69)59(68)56(52-64)73-62)63-57(66)49-45-41-37-33-30-26-24-22-20-18-16-15-17-19-21-23-25-27-31-35-39-43-47-51-71-58(67)50-46-42-38-34-29-14-12-10-8-6-4-2/h7,9,28,32,44,48,54-56,59-62,64-65,68-70H,3-6,8,10-27,29-31,33-43,45-47,49-53H2,1-2H3,(H,63,66)/b9-7+,32-28+,48-44+. The molecule has 11 nitrogen and oxygen atoms in total. The molecule has 0 spiro atoms. The summed E-state index contributed by atoms with van der Waals surface area (Å²) < 4.78 is 16.7.